The van der Waals surface area contributed by atoms with E-state index < -0.39 is 0 Å². The number of carbonyl (C=O) groups excluding carboxylic acids is 2. The fourth-order valence-electron chi connectivity index (χ4n) is 1.94. The van der Waals surface area contributed by atoms with Gasteiger partial charge < -0.3 is 0 Å². The lowest BCUT2D eigenvalue weighted by molar-refractivity contribution is -0.147. The summed E-state index contributed by atoms with van der Waals surface area (Å²) in [6.07, 6.45) is 6.04. The second kappa shape index (κ2) is 5.85. The maximum atomic E-state index is 11.7. The summed E-state index contributed by atoms with van der Waals surface area (Å²) in [6.45, 7) is 2.01. The zero-order chi connectivity index (χ0) is 11.3. The molecule has 2 N–H and O–H groups in total. The Labute approximate surface area is 90.8 Å². The minimum absolute atomic E-state index is 0.0134. The second-order valence-corrected chi connectivity index (χ2v) is 4.19. The van der Waals surface area contributed by atoms with Crippen molar-refractivity contribution in [3.8, 4) is 0 Å². The zero-order valence-corrected chi connectivity index (χ0v) is 9.37. The smallest absolute Gasteiger partial charge is 0.246 e. The molecule has 0 aromatic carbocycles. The molecule has 0 aromatic rings. The number of hydrogen-bond acceptors (Lipinski definition) is 3. The highest BCUT2D eigenvalue weighted by Gasteiger charge is 2.28. The third kappa shape index (κ3) is 3.30. The van der Waals surface area contributed by atoms with Gasteiger partial charge in [0.05, 0.1) is 0 Å². The van der Waals surface area contributed by atoms with Gasteiger partial charge in [-0.2, -0.15) is 0 Å². The van der Waals surface area contributed by atoms with Crippen LogP contribution in [0.3, 0.4) is 0 Å². The lowest BCUT2D eigenvalue weighted by atomic mass is 10.1. The van der Waals surface area contributed by atoms with E-state index in [2.05, 4.69) is 0 Å². The quantitative estimate of drug-likeness (QED) is 0.437. The molecule has 0 atom stereocenters. The maximum Gasteiger partial charge on any atom is 0.246 e. The number of nitrogens with zero attached hydrogens (tertiary/aromatic N) is 1. The summed E-state index contributed by atoms with van der Waals surface area (Å²) in [5.41, 5.74) is 0. The summed E-state index contributed by atoms with van der Waals surface area (Å²) < 4.78 is 0. The SMILES string of the molecule is CCCCC(=O)N(N)C(=O)C1CCCC1. The van der Waals surface area contributed by atoms with E-state index >= 15 is 0 Å². The Bertz CT molecular complexity index is 235. The Balaban J connectivity index is 2.40. The Morgan fingerprint density at radius 1 is 1.33 bits per heavy atom. The number of hydrazine groups is 1. The van der Waals surface area contributed by atoms with Crippen molar-refractivity contribution in [3.63, 3.8) is 0 Å². The molecule has 86 valence electrons. The first-order valence-corrected chi connectivity index (χ1v) is 5.78. The van der Waals surface area contributed by atoms with Crippen LogP contribution in [0.4, 0.5) is 0 Å². The van der Waals surface area contributed by atoms with E-state index in [0.29, 0.717) is 6.42 Å². The van der Waals surface area contributed by atoms with Crippen LogP contribution in [0.25, 0.3) is 0 Å². The van der Waals surface area contributed by atoms with Gasteiger partial charge in [-0.25, -0.2) is 10.9 Å². The van der Waals surface area contributed by atoms with Crippen molar-refractivity contribution in [1.29, 1.82) is 0 Å². The standard InChI is InChI=1S/C11H20N2O2/c1-2-3-8-10(14)13(12)11(15)9-6-4-5-7-9/h9H,2-8,12H2,1H3. The number of amides is 2. The van der Waals surface area contributed by atoms with Crippen LogP contribution in [0.5, 0.6) is 0 Å². The first kappa shape index (κ1) is 12.2. The van der Waals surface area contributed by atoms with E-state index in [1.54, 1.807) is 0 Å². The predicted octanol–water partition coefficient (Wildman–Crippen LogP) is 1.60. The highest BCUT2D eigenvalue weighted by Crippen LogP contribution is 2.26. The van der Waals surface area contributed by atoms with E-state index in [1.165, 1.54) is 0 Å². The Morgan fingerprint density at radius 2 is 1.93 bits per heavy atom. The number of nitrogens with two attached hydrogens (primary N) is 1. The molecule has 4 nitrogen and oxygen atoms in total. The number of imide groups is 1. The number of rotatable bonds is 4. The highest BCUT2D eigenvalue weighted by atomic mass is 16.2. The molecule has 15 heavy (non-hydrogen) atoms. The third-order valence-corrected chi connectivity index (χ3v) is 2.95. The van der Waals surface area contributed by atoms with Crippen molar-refractivity contribution in [1.82, 2.24) is 5.01 Å². The monoisotopic (exact) mass is 212 g/mol. The first-order chi connectivity index (χ1) is 7.16. The molecule has 1 aliphatic rings. The minimum Gasteiger partial charge on any atom is -0.273 e. The molecular weight excluding hydrogens is 192 g/mol. The number of carbonyl (C=O) groups is 2. The summed E-state index contributed by atoms with van der Waals surface area (Å²) in [5.74, 6) is 5.07. The van der Waals surface area contributed by atoms with E-state index in [0.717, 1.165) is 43.5 Å². The Hall–Kier alpha value is -0.900. The molecule has 0 saturated heterocycles. The second-order valence-electron chi connectivity index (χ2n) is 4.19. The van der Waals surface area contributed by atoms with Crippen molar-refractivity contribution in [2.45, 2.75) is 51.9 Å². The maximum absolute atomic E-state index is 11.7. The normalized spacial score (nSPS) is 16.7. The van der Waals surface area contributed by atoms with Crippen molar-refractivity contribution >= 4 is 11.8 Å². The van der Waals surface area contributed by atoms with Gasteiger partial charge >= 0.3 is 0 Å². The van der Waals surface area contributed by atoms with Crippen LogP contribution in [0.15, 0.2) is 0 Å². The summed E-state index contributed by atoms with van der Waals surface area (Å²) in [5, 5.41) is 0.839. The Kier molecular flexibility index (Phi) is 4.75. The average Bonchev–Trinajstić information content (AvgIpc) is 2.77. The summed E-state index contributed by atoms with van der Waals surface area (Å²) in [7, 11) is 0. The predicted molar refractivity (Wildman–Crippen MR) is 57.5 cm³/mol. The molecule has 0 heterocycles. The molecule has 4 heteroatoms. The van der Waals surface area contributed by atoms with Crippen LogP contribution in [-0.4, -0.2) is 16.8 Å². The number of unbranched alkanes of at least 4 members (excludes halogenated alkanes) is 1. The molecule has 0 aromatic heterocycles. The molecule has 1 aliphatic carbocycles. The molecule has 0 unspecified atom stereocenters. The van der Waals surface area contributed by atoms with Crippen molar-refractivity contribution < 1.29 is 9.59 Å². The van der Waals surface area contributed by atoms with E-state index in [-0.39, 0.29) is 17.7 Å². The molecule has 1 rings (SSSR count). The highest BCUT2D eigenvalue weighted by molar-refractivity contribution is 5.95. The summed E-state index contributed by atoms with van der Waals surface area (Å²) in [6, 6.07) is 0. The van der Waals surface area contributed by atoms with Gasteiger partial charge in [0, 0.05) is 12.3 Å². The number of hydrogen-bond donors (Lipinski definition) is 1. The van der Waals surface area contributed by atoms with Crippen molar-refractivity contribution in [2.75, 3.05) is 0 Å². The van der Waals surface area contributed by atoms with Gasteiger partial charge in [0.2, 0.25) is 11.8 Å². The first-order valence-electron chi connectivity index (χ1n) is 5.78. The van der Waals surface area contributed by atoms with Gasteiger partial charge in [-0.3, -0.25) is 9.59 Å². The van der Waals surface area contributed by atoms with Crippen LogP contribution < -0.4 is 5.84 Å². The molecular formula is C11H20N2O2. The van der Waals surface area contributed by atoms with E-state index in [4.69, 9.17) is 5.84 Å². The largest absolute Gasteiger partial charge is 0.273 e. The summed E-state index contributed by atoms with van der Waals surface area (Å²) in [4.78, 5) is 23.2. The zero-order valence-electron chi connectivity index (χ0n) is 9.37. The van der Waals surface area contributed by atoms with Gasteiger partial charge in [-0.1, -0.05) is 26.2 Å². The molecule has 0 aliphatic heterocycles. The molecule has 1 saturated carbocycles. The van der Waals surface area contributed by atoms with Gasteiger partial charge in [0.25, 0.3) is 0 Å². The summed E-state index contributed by atoms with van der Waals surface area (Å²) >= 11 is 0. The van der Waals surface area contributed by atoms with Crippen LogP contribution in [0.1, 0.15) is 51.9 Å². The molecule has 1 fully saturated rings. The molecule has 0 bridgehead atoms. The fraction of sp³-hybridized carbons (Fsp3) is 0.818. The van der Waals surface area contributed by atoms with Gasteiger partial charge in [0.1, 0.15) is 0 Å². The van der Waals surface area contributed by atoms with Gasteiger partial charge in [-0.15, -0.1) is 0 Å². The van der Waals surface area contributed by atoms with Crippen molar-refractivity contribution in [2.24, 2.45) is 11.8 Å². The topological polar surface area (TPSA) is 63.4 Å². The van der Waals surface area contributed by atoms with E-state index in [1.807, 2.05) is 6.92 Å². The molecule has 2 amide bonds. The van der Waals surface area contributed by atoms with Crippen LogP contribution >= 0.6 is 0 Å². The fourth-order valence-corrected chi connectivity index (χ4v) is 1.94. The molecule has 0 spiro atoms. The van der Waals surface area contributed by atoms with Crippen LogP contribution in [0.2, 0.25) is 0 Å². The minimum atomic E-state index is -0.242. The van der Waals surface area contributed by atoms with Crippen molar-refractivity contribution in [3.05, 3.63) is 0 Å². The van der Waals surface area contributed by atoms with Gasteiger partial charge in [-0.05, 0) is 19.3 Å². The Morgan fingerprint density at radius 3 is 2.47 bits per heavy atom. The lowest BCUT2D eigenvalue weighted by Gasteiger charge is -2.18. The average molecular weight is 212 g/mol. The van der Waals surface area contributed by atoms with Gasteiger partial charge in [0.15, 0.2) is 0 Å². The molecule has 0 radical (unpaired) electrons. The lowest BCUT2D eigenvalue weighted by Crippen LogP contribution is -2.45. The van der Waals surface area contributed by atoms with Crippen LogP contribution in [-0.2, 0) is 9.59 Å². The van der Waals surface area contributed by atoms with Crippen LogP contribution in [0, 0.1) is 5.92 Å². The third-order valence-electron chi connectivity index (χ3n) is 2.95. The van der Waals surface area contributed by atoms with E-state index in [9.17, 15) is 9.59 Å².